The molecule has 0 aromatic rings. The molecule has 4 rings (SSSR count). The lowest BCUT2D eigenvalue weighted by molar-refractivity contribution is -0.136. The van der Waals surface area contributed by atoms with Crippen LogP contribution in [0.2, 0.25) is 0 Å². The van der Waals surface area contributed by atoms with E-state index in [0.717, 1.165) is 25.7 Å². The fourth-order valence-corrected chi connectivity index (χ4v) is 6.55. The van der Waals surface area contributed by atoms with Gasteiger partial charge in [0.15, 0.2) is 0 Å². The third kappa shape index (κ3) is 1.69. The molecule has 0 bridgehead atoms. The maximum atomic E-state index is 12.1. The second-order valence-electron chi connectivity index (χ2n) is 8.71. The Labute approximate surface area is 133 Å². The minimum absolute atomic E-state index is 0.104. The maximum absolute atomic E-state index is 12.1. The topological polar surface area (TPSA) is 40.5 Å². The number of carbonyl (C=O) groups is 1. The molecule has 3 nitrogen and oxygen atoms in total. The smallest absolute Gasteiger partial charge is 0.226 e. The Hall–Kier alpha value is -0.830. The summed E-state index contributed by atoms with van der Waals surface area (Å²) >= 11 is 0. The van der Waals surface area contributed by atoms with Gasteiger partial charge < -0.3 is 10.0 Å². The van der Waals surface area contributed by atoms with E-state index < -0.39 is 0 Å². The minimum atomic E-state index is -0.104. The Balaban J connectivity index is 1.71. The molecule has 0 radical (unpaired) electrons. The summed E-state index contributed by atoms with van der Waals surface area (Å²) < 4.78 is 0. The number of piperidine rings is 1. The van der Waals surface area contributed by atoms with E-state index in [4.69, 9.17) is 0 Å². The van der Waals surface area contributed by atoms with Crippen molar-refractivity contribution in [1.82, 2.24) is 4.90 Å². The van der Waals surface area contributed by atoms with Crippen LogP contribution in [0.4, 0.5) is 0 Å². The predicted octanol–water partition coefficient (Wildman–Crippen LogP) is 3.34. The van der Waals surface area contributed by atoms with Crippen molar-refractivity contribution in [1.29, 1.82) is 0 Å². The van der Waals surface area contributed by atoms with Gasteiger partial charge in [0.25, 0.3) is 0 Å². The Morgan fingerprint density at radius 1 is 1.18 bits per heavy atom. The van der Waals surface area contributed by atoms with Gasteiger partial charge in [-0.15, -0.1) is 0 Å². The minimum Gasteiger partial charge on any atom is -0.393 e. The molecule has 1 N–H and O–H groups in total. The van der Waals surface area contributed by atoms with E-state index in [1.165, 1.54) is 18.5 Å². The monoisotopic (exact) mass is 303 g/mol. The van der Waals surface area contributed by atoms with E-state index in [2.05, 4.69) is 19.9 Å². The first-order chi connectivity index (χ1) is 10.4. The lowest BCUT2D eigenvalue weighted by Gasteiger charge is -2.58. The third-order valence-electron chi connectivity index (χ3n) is 7.97. The highest BCUT2D eigenvalue weighted by Gasteiger charge is 2.59. The zero-order chi connectivity index (χ0) is 15.7. The first-order valence-corrected chi connectivity index (χ1v) is 9.03. The molecule has 1 amide bonds. The molecule has 0 spiro atoms. The van der Waals surface area contributed by atoms with E-state index in [0.29, 0.717) is 24.2 Å². The number of carbonyl (C=O) groups excluding carboxylic acids is 1. The number of nitrogens with zero attached hydrogens (tertiary/aromatic N) is 1. The van der Waals surface area contributed by atoms with Gasteiger partial charge >= 0.3 is 0 Å². The van der Waals surface area contributed by atoms with Gasteiger partial charge in [-0.3, -0.25) is 4.79 Å². The average Bonchev–Trinajstić information content (AvgIpc) is 2.79. The molecule has 3 heteroatoms. The molecule has 4 aliphatic rings. The van der Waals surface area contributed by atoms with Gasteiger partial charge in [-0.05, 0) is 61.7 Å². The highest BCUT2D eigenvalue weighted by molar-refractivity contribution is 5.79. The van der Waals surface area contributed by atoms with Gasteiger partial charge in [0, 0.05) is 24.6 Å². The molecule has 0 aromatic carbocycles. The molecule has 0 aromatic heterocycles. The highest BCUT2D eigenvalue weighted by atomic mass is 16.3. The molecule has 6 atom stereocenters. The van der Waals surface area contributed by atoms with Crippen LogP contribution in [-0.2, 0) is 4.79 Å². The number of allylic oxidation sites excluding steroid dienone is 2. The van der Waals surface area contributed by atoms with E-state index in [9.17, 15) is 9.90 Å². The Morgan fingerprint density at radius 3 is 2.73 bits per heavy atom. The zero-order valence-corrected chi connectivity index (χ0v) is 14.1. The summed E-state index contributed by atoms with van der Waals surface area (Å²) in [6.45, 7) is 4.72. The lowest BCUT2D eigenvalue weighted by Crippen LogP contribution is -2.54. The van der Waals surface area contributed by atoms with E-state index >= 15 is 0 Å². The SMILES string of the molecule is CN1C(=O)CC[C@@]2(C)C1=CC[C@@H]1[C@@H]3CC[C@H](O)[C@]3(C)CC[C@@H]12. The number of likely N-dealkylation sites (tertiary alicyclic amines) is 1. The molecular formula is C19H29NO2. The van der Waals surface area contributed by atoms with Crippen molar-refractivity contribution in [3.63, 3.8) is 0 Å². The number of rotatable bonds is 0. The second kappa shape index (κ2) is 4.59. The summed E-state index contributed by atoms with van der Waals surface area (Å²) in [4.78, 5) is 14.0. The van der Waals surface area contributed by atoms with Crippen LogP contribution in [0.1, 0.15) is 58.8 Å². The number of aliphatic hydroxyl groups excluding tert-OH is 1. The molecule has 1 heterocycles. The van der Waals surface area contributed by atoms with Crippen molar-refractivity contribution in [2.45, 2.75) is 64.9 Å². The molecule has 1 saturated heterocycles. The van der Waals surface area contributed by atoms with Gasteiger partial charge in [0.2, 0.25) is 5.91 Å². The Kier molecular flexibility index (Phi) is 3.08. The molecule has 1 aliphatic heterocycles. The van der Waals surface area contributed by atoms with Crippen molar-refractivity contribution in [2.24, 2.45) is 28.6 Å². The average molecular weight is 303 g/mol. The Morgan fingerprint density at radius 2 is 1.95 bits per heavy atom. The summed E-state index contributed by atoms with van der Waals surface area (Å²) in [5, 5.41) is 10.5. The van der Waals surface area contributed by atoms with E-state index in [1.54, 1.807) is 0 Å². The summed E-state index contributed by atoms with van der Waals surface area (Å²) in [5.41, 5.74) is 1.59. The summed E-state index contributed by atoms with van der Waals surface area (Å²) in [7, 11) is 1.96. The van der Waals surface area contributed by atoms with Gasteiger partial charge in [0.05, 0.1) is 6.10 Å². The molecular weight excluding hydrogens is 274 g/mol. The van der Waals surface area contributed by atoms with Crippen LogP contribution >= 0.6 is 0 Å². The van der Waals surface area contributed by atoms with Crippen LogP contribution in [0.3, 0.4) is 0 Å². The van der Waals surface area contributed by atoms with Crippen molar-refractivity contribution < 1.29 is 9.90 Å². The summed E-state index contributed by atoms with van der Waals surface area (Å²) in [6.07, 6.45) is 9.59. The number of aliphatic hydroxyl groups is 1. The highest BCUT2D eigenvalue weighted by Crippen LogP contribution is 2.64. The molecule has 3 aliphatic carbocycles. The molecule has 22 heavy (non-hydrogen) atoms. The van der Waals surface area contributed by atoms with Crippen LogP contribution < -0.4 is 0 Å². The molecule has 0 unspecified atom stereocenters. The second-order valence-corrected chi connectivity index (χ2v) is 8.71. The molecule has 2 saturated carbocycles. The van der Waals surface area contributed by atoms with Crippen LogP contribution in [0.5, 0.6) is 0 Å². The Bertz CT molecular complexity index is 542. The standard InChI is InChI=1S/C19H29NO2/c1-18-11-9-17(22)20(3)15(18)6-4-12-13-5-7-16(21)19(13,2)10-8-14(12)18/h6,12-14,16,21H,4-5,7-11H2,1-3H3/t12-,13+,14+,16+,18-,19-/m1/s1. The van der Waals surface area contributed by atoms with Crippen molar-refractivity contribution in [3.8, 4) is 0 Å². The van der Waals surface area contributed by atoms with Crippen LogP contribution in [0, 0.1) is 28.6 Å². The first kappa shape index (κ1) is 14.7. The van der Waals surface area contributed by atoms with Gasteiger partial charge in [-0.1, -0.05) is 19.9 Å². The van der Waals surface area contributed by atoms with Crippen LogP contribution in [-0.4, -0.2) is 29.1 Å². The van der Waals surface area contributed by atoms with Gasteiger partial charge in [-0.25, -0.2) is 0 Å². The maximum Gasteiger partial charge on any atom is 0.226 e. The quantitative estimate of drug-likeness (QED) is 0.745. The van der Waals surface area contributed by atoms with E-state index in [-0.39, 0.29) is 22.8 Å². The first-order valence-electron chi connectivity index (χ1n) is 9.03. The summed E-state index contributed by atoms with van der Waals surface area (Å²) in [6, 6.07) is 0. The number of hydrogen-bond acceptors (Lipinski definition) is 2. The number of fused-ring (bicyclic) bond motifs is 5. The number of amides is 1. The largest absolute Gasteiger partial charge is 0.393 e. The molecule has 122 valence electrons. The van der Waals surface area contributed by atoms with Crippen molar-refractivity contribution in [2.75, 3.05) is 7.05 Å². The van der Waals surface area contributed by atoms with Crippen LogP contribution in [0.15, 0.2) is 11.8 Å². The van der Waals surface area contributed by atoms with Gasteiger partial charge in [-0.2, -0.15) is 0 Å². The summed E-state index contributed by atoms with van der Waals surface area (Å²) in [5.74, 6) is 2.33. The van der Waals surface area contributed by atoms with Crippen LogP contribution in [0.25, 0.3) is 0 Å². The number of hydrogen-bond donors (Lipinski definition) is 1. The van der Waals surface area contributed by atoms with Gasteiger partial charge in [0.1, 0.15) is 0 Å². The predicted molar refractivity (Wildman–Crippen MR) is 85.9 cm³/mol. The molecule has 3 fully saturated rings. The fourth-order valence-electron chi connectivity index (χ4n) is 6.55. The van der Waals surface area contributed by atoms with Crippen molar-refractivity contribution >= 4 is 5.91 Å². The fraction of sp³-hybridized carbons (Fsp3) is 0.842. The van der Waals surface area contributed by atoms with E-state index in [1.807, 2.05) is 11.9 Å². The zero-order valence-electron chi connectivity index (χ0n) is 14.1. The normalized spacial score (nSPS) is 51.0. The lowest BCUT2D eigenvalue weighted by atomic mass is 9.49. The van der Waals surface area contributed by atoms with Crippen molar-refractivity contribution in [3.05, 3.63) is 11.8 Å². The third-order valence-corrected chi connectivity index (χ3v) is 7.97.